The molecule has 0 aromatic heterocycles. The number of fused-ring (bicyclic) bond motifs is 3. The van der Waals surface area contributed by atoms with E-state index < -0.39 is 0 Å². The molecule has 0 radical (unpaired) electrons. The Morgan fingerprint density at radius 2 is 2.33 bits per heavy atom. The Balaban J connectivity index is 1.96. The SMILES string of the molecule is COC1=C[C@H]2C[C@H]2[C@@H]2CC=C[C@H]12. The van der Waals surface area contributed by atoms with Crippen molar-refractivity contribution in [2.45, 2.75) is 12.8 Å². The third-order valence-electron chi connectivity index (χ3n) is 3.60. The maximum absolute atomic E-state index is 5.41. The second-order valence-corrected chi connectivity index (χ2v) is 4.19. The van der Waals surface area contributed by atoms with Crippen molar-refractivity contribution < 1.29 is 4.74 Å². The van der Waals surface area contributed by atoms with E-state index in [1.165, 1.54) is 18.6 Å². The van der Waals surface area contributed by atoms with Gasteiger partial charge in [-0.2, -0.15) is 0 Å². The van der Waals surface area contributed by atoms with E-state index in [4.69, 9.17) is 4.74 Å². The molecule has 1 nitrogen and oxygen atoms in total. The van der Waals surface area contributed by atoms with Crippen molar-refractivity contribution in [2.24, 2.45) is 23.7 Å². The molecule has 3 aliphatic rings. The molecule has 0 unspecified atom stereocenters. The van der Waals surface area contributed by atoms with E-state index in [0.717, 1.165) is 17.8 Å². The van der Waals surface area contributed by atoms with Crippen LogP contribution in [0.2, 0.25) is 0 Å². The van der Waals surface area contributed by atoms with Crippen LogP contribution in [0, 0.1) is 23.7 Å². The lowest BCUT2D eigenvalue weighted by atomic mass is 9.84. The van der Waals surface area contributed by atoms with Gasteiger partial charge in [0.05, 0.1) is 12.9 Å². The zero-order chi connectivity index (χ0) is 8.13. The summed E-state index contributed by atoms with van der Waals surface area (Å²) in [5, 5.41) is 0. The van der Waals surface area contributed by atoms with Crippen LogP contribution in [0.5, 0.6) is 0 Å². The lowest BCUT2D eigenvalue weighted by Crippen LogP contribution is -2.18. The molecule has 0 amide bonds. The van der Waals surface area contributed by atoms with Crippen LogP contribution in [0.4, 0.5) is 0 Å². The lowest BCUT2D eigenvalue weighted by molar-refractivity contribution is 0.209. The van der Waals surface area contributed by atoms with E-state index in [0.29, 0.717) is 5.92 Å². The van der Waals surface area contributed by atoms with Crippen molar-refractivity contribution in [2.75, 3.05) is 7.11 Å². The molecule has 3 aliphatic carbocycles. The molecule has 1 heteroatoms. The molecule has 3 rings (SSSR count). The van der Waals surface area contributed by atoms with Crippen molar-refractivity contribution in [1.29, 1.82) is 0 Å². The molecular formula is C11H14O. The normalized spacial score (nSPS) is 47.9. The van der Waals surface area contributed by atoms with Crippen LogP contribution in [0.1, 0.15) is 12.8 Å². The largest absolute Gasteiger partial charge is 0.501 e. The summed E-state index contributed by atoms with van der Waals surface area (Å²) >= 11 is 0. The molecule has 0 aromatic carbocycles. The molecule has 1 fully saturated rings. The standard InChI is InChI=1S/C11H14O/c1-12-11-6-7-5-10(7)8-3-2-4-9(8)11/h2,4,6-10H,3,5H2,1H3/t7-,8-,9+,10-/m1/s1. The number of hydrogen-bond acceptors (Lipinski definition) is 1. The first-order chi connectivity index (χ1) is 5.90. The van der Waals surface area contributed by atoms with Crippen LogP contribution < -0.4 is 0 Å². The van der Waals surface area contributed by atoms with Gasteiger partial charge in [0.1, 0.15) is 0 Å². The van der Waals surface area contributed by atoms with E-state index >= 15 is 0 Å². The molecule has 0 bridgehead atoms. The molecular weight excluding hydrogens is 148 g/mol. The molecule has 0 aromatic rings. The van der Waals surface area contributed by atoms with Crippen molar-refractivity contribution in [3.05, 3.63) is 24.0 Å². The summed E-state index contributed by atoms with van der Waals surface area (Å²) in [6.07, 6.45) is 9.70. The minimum atomic E-state index is 0.624. The number of allylic oxidation sites excluding steroid dienone is 3. The van der Waals surface area contributed by atoms with Crippen molar-refractivity contribution in [3.8, 4) is 0 Å². The highest BCUT2D eigenvalue weighted by Gasteiger charge is 2.49. The van der Waals surface area contributed by atoms with Crippen molar-refractivity contribution >= 4 is 0 Å². The summed E-state index contributed by atoms with van der Waals surface area (Å²) in [4.78, 5) is 0. The number of methoxy groups -OCH3 is 1. The van der Waals surface area contributed by atoms with Crippen LogP contribution in [0.15, 0.2) is 24.0 Å². The summed E-state index contributed by atoms with van der Waals surface area (Å²) in [5.74, 6) is 4.59. The lowest BCUT2D eigenvalue weighted by Gasteiger charge is -2.24. The molecule has 64 valence electrons. The molecule has 0 aliphatic heterocycles. The quantitative estimate of drug-likeness (QED) is 0.538. The summed E-state index contributed by atoms with van der Waals surface area (Å²) < 4.78 is 5.41. The van der Waals surface area contributed by atoms with Gasteiger partial charge in [0.25, 0.3) is 0 Å². The molecule has 1 saturated carbocycles. The highest BCUT2D eigenvalue weighted by Crippen LogP contribution is 2.56. The molecule has 4 atom stereocenters. The first kappa shape index (κ1) is 6.76. The van der Waals surface area contributed by atoms with E-state index in [2.05, 4.69) is 18.2 Å². The average Bonchev–Trinajstić information content (AvgIpc) is 2.71. The Kier molecular flexibility index (Phi) is 1.21. The Hall–Kier alpha value is -0.720. The first-order valence-electron chi connectivity index (χ1n) is 4.82. The van der Waals surface area contributed by atoms with Gasteiger partial charge >= 0.3 is 0 Å². The van der Waals surface area contributed by atoms with E-state index in [9.17, 15) is 0 Å². The Labute approximate surface area is 73.1 Å². The van der Waals surface area contributed by atoms with Crippen molar-refractivity contribution in [1.82, 2.24) is 0 Å². The number of hydrogen-bond donors (Lipinski definition) is 0. The minimum absolute atomic E-state index is 0.624. The van der Waals surface area contributed by atoms with Gasteiger partial charge < -0.3 is 4.74 Å². The Morgan fingerprint density at radius 1 is 1.42 bits per heavy atom. The van der Waals surface area contributed by atoms with Crippen LogP contribution in [-0.4, -0.2) is 7.11 Å². The van der Waals surface area contributed by atoms with E-state index in [-0.39, 0.29) is 0 Å². The van der Waals surface area contributed by atoms with Gasteiger partial charge in [-0.25, -0.2) is 0 Å². The first-order valence-corrected chi connectivity index (χ1v) is 4.82. The van der Waals surface area contributed by atoms with Gasteiger partial charge in [0.15, 0.2) is 0 Å². The summed E-state index contributed by atoms with van der Waals surface area (Å²) in [6, 6.07) is 0. The van der Waals surface area contributed by atoms with Gasteiger partial charge in [-0.15, -0.1) is 0 Å². The van der Waals surface area contributed by atoms with E-state index in [1.54, 1.807) is 7.11 Å². The highest BCUT2D eigenvalue weighted by molar-refractivity contribution is 5.25. The third-order valence-corrected chi connectivity index (χ3v) is 3.60. The van der Waals surface area contributed by atoms with Gasteiger partial charge in [-0.05, 0) is 36.7 Å². The third kappa shape index (κ3) is 0.742. The Bertz CT molecular complexity index is 264. The fraction of sp³-hybridized carbons (Fsp3) is 0.636. The molecule has 12 heavy (non-hydrogen) atoms. The molecule has 0 N–H and O–H groups in total. The van der Waals surface area contributed by atoms with Crippen molar-refractivity contribution in [3.63, 3.8) is 0 Å². The van der Waals surface area contributed by atoms with Crippen LogP contribution in [0.3, 0.4) is 0 Å². The van der Waals surface area contributed by atoms with Gasteiger partial charge in [0, 0.05) is 5.92 Å². The minimum Gasteiger partial charge on any atom is -0.501 e. The number of rotatable bonds is 1. The maximum atomic E-state index is 5.41. The summed E-state index contributed by atoms with van der Waals surface area (Å²) in [6.45, 7) is 0. The molecule has 0 saturated heterocycles. The molecule has 0 heterocycles. The van der Waals surface area contributed by atoms with Gasteiger partial charge in [-0.1, -0.05) is 12.2 Å². The Morgan fingerprint density at radius 3 is 3.17 bits per heavy atom. The fourth-order valence-electron chi connectivity index (χ4n) is 2.86. The van der Waals surface area contributed by atoms with Gasteiger partial charge in [0.2, 0.25) is 0 Å². The monoisotopic (exact) mass is 162 g/mol. The average molecular weight is 162 g/mol. The van der Waals surface area contributed by atoms with Crippen LogP contribution >= 0.6 is 0 Å². The highest BCUT2D eigenvalue weighted by atomic mass is 16.5. The van der Waals surface area contributed by atoms with E-state index in [1.807, 2.05) is 0 Å². The second kappa shape index (κ2) is 2.15. The number of ether oxygens (including phenoxy) is 1. The zero-order valence-electron chi connectivity index (χ0n) is 7.36. The summed E-state index contributed by atoms with van der Waals surface area (Å²) in [7, 11) is 1.80. The predicted octanol–water partition coefficient (Wildman–Crippen LogP) is 2.36. The van der Waals surface area contributed by atoms with Crippen LogP contribution in [-0.2, 0) is 4.74 Å². The van der Waals surface area contributed by atoms with Crippen LogP contribution in [0.25, 0.3) is 0 Å². The predicted molar refractivity (Wildman–Crippen MR) is 47.4 cm³/mol. The second-order valence-electron chi connectivity index (χ2n) is 4.19. The molecule has 0 spiro atoms. The van der Waals surface area contributed by atoms with Gasteiger partial charge in [-0.3, -0.25) is 0 Å². The summed E-state index contributed by atoms with van der Waals surface area (Å²) in [5.41, 5.74) is 0. The smallest absolute Gasteiger partial charge is 0.0990 e. The topological polar surface area (TPSA) is 9.23 Å². The zero-order valence-corrected chi connectivity index (χ0v) is 7.36. The fourth-order valence-corrected chi connectivity index (χ4v) is 2.86. The maximum Gasteiger partial charge on any atom is 0.0990 e.